The van der Waals surface area contributed by atoms with Crippen LogP contribution in [0, 0.1) is 5.92 Å². The minimum Gasteiger partial charge on any atom is -0.465 e. The van der Waals surface area contributed by atoms with Gasteiger partial charge in [0.15, 0.2) is 5.92 Å². The monoisotopic (exact) mass is 272 g/mol. The topological polar surface area (TPSA) is 72.8 Å². The Labute approximate surface area is 114 Å². The molecule has 0 aliphatic heterocycles. The van der Waals surface area contributed by atoms with Crippen molar-refractivity contribution >= 4 is 11.9 Å². The first-order valence-electron chi connectivity index (χ1n) is 6.74. The molecule has 0 saturated heterocycles. The Morgan fingerprint density at radius 2 is 1.63 bits per heavy atom. The highest BCUT2D eigenvalue weighted by atomic mass is 16.6. The van der Waals surface area contributed by atoms with Crippen molar-refractivity contribution in [2.75, 3.05) is 13.2 Å². The second kappa shape index (κ2) is 10.6. The Hall–Kier alpha value is -1.36. The smallest absolute Gasteiger partial charge is 0.320 e. The van der Waals surface area contributed by atoms with E-state index in [0.29, 0.717) is 19.3 Å². The van der Waals surface area contributed by atoms with Gasteiger partial charge in [-0.25, -0.2) is 0 Å². The lowest BCUT2D eigenvalue weighted by Crippen LogP contribution is -2.28. The molecule has 0 amide bonds. The largest absolute Gasteiger partial charge is 0.465 e. The van der Waals surface area contributed by atoms with E-state index in [2.05, 4.69) is 0 Å². The van der Waals surface area contributed by atoms with E-state index in [4.69, 9.17) is 9.47 Å². The molecule has 110 valence electrons. The summed E-state index contributed by atoms with van der Waals surface area (Å²) in [5.41, 5.74) is 0. The summed E-state index contributed by atoms with van der Waals surface area (Å²) in [5, 5.41) is 9.34. The molecule has 0 aliphatic carbocycles. The Morgan fingerprint density at radius 3 is 2.05 bits per heavy atom. The van der Waals surface area contributed by atoms with E-state index in [0.717, 1.165) is 0 Å². The molecule has 5 nitrogen and oxygen atoms in total. The number of ether oxygens (including phenoxy) is 2. The average Bonchev–Trinajstić information content (AvgIpc) is 2.38. The van der Waals surface area contributed by atoms with Gasteiger partial charge in [-0.2, -0.15) is 0 Å². The van der Waals surface area contributed by atoms with Crippen LogP contribution in [0.2, 0.25) is 0 Å². The van der Waals surface area contributed by atoms with Crippen molar-refractivity contribution in [2.45, 2.75) is 46.1 Å². The minimum absolute atomic E-state index is 0.235. The second-order valence-corrected chi connectivity index (χ2v) is 4.04. The highest BCUT2D eigenvalue weighted by molar-refractivity contribution is 5.94. The zero-order chi connectivity index (χ0) is 14.7. The number of esters is 2. The van der Waals surface area contributed by atoms with Gasteiger partial charge in [0.25, 0.3) is 0 Å². The molecule has 0 aromatic carbocycles. The Morgan fingerprint density at radius 1 is 1.11 bits per heavy atom. The van der Waals surface area contributed by atoms with Crippen LogP contribution in [-0.4, -0.2) is 36.4 Å². The first-order chi connectivity index (χ1) is 9.06. The molecule has 1 atom stereocenters. The Kier molecular flexibility index (Phi) is 9.80. The molecule has 0 aromatic rings. The molecule has 0 saturated carbocycles. The average molecular weight is 272 g/mol. The molecule has 0 rings (SSSR count). The van der Waals surface area contributed by atoms with Gasteiger partial charge in [-0.3, -0.25) is 9.59 Å². The SMILES string of the molecule is CCOC(=O)C(CC/C=C/C(O)CC)C(=O)OCC. The third-order valence-electron chi connectivity index (χ3n) is 2.54. The summed E-state index contributed by atoms with van der Waals surface area (Å²) in [7, 11) is 0. The van der Waals surface area contributed by atoms with Crippen molar-refractivity contribution < 1.29 is 24.2 Å². The maximum atomic E-state index is 11.6. The lowest BCUT2D eigenvalue weighted by molar-refractivity contribution is -0.161. The summed E-state index contributed by atoms with van der Waals surface area (Å²) >= 11 is 0. The van der Waals surface area contributed by atoms with Crippen molar-refractivity contribution in [3.8, 4) is 0 Å². The lowest BCUT2D eigenvalue weighted by Gasteiger charge is -2.13. The van der Waals surface area contributed by atoms with Crippen molar-refractivity contribution in [1.82, 2.24) is 0 Å². The fourth-order valence-corrected chi connectivity index (χ4v) is 1.47. The van der Waals surface area contributed by atoms with E-state index in [1.54, 1.807) is 26.0 Å². The summed E-state index contributed by atoms with van der Waals surface area (Å²) in [6.07, 6.45) is 4.41. The van der Waals surface area contributed by atoms with E-state index < -0.39 is 24.0 Å². The summed E-state index contributed by atoms with van der Waals surface area (Å²) in [4.78, 5) is 23.3. The predicted octanol–water partition coefficient (Wildman–Crippen LogP) is 1.84. The molecule has 0 radical (unpaired) electrons. The number of allylic oxidation sites excluding steroid dienone is 1. The fraction of sp³-hybridized carbons (Fsp3) is 0.714. The number of hydrogen-bond acceptors (Lipinski definition) is 5. The molecule has 0 aromatic heterocycles. The molecule has 0 bridgehead atoms. The van der Waals surface area contributed by atoms with Crippen LogP contribution in [0.5, 0.6) is 0 Å². The molecule has 0 heterocycles. The number of carbonyl (C=O) groups is 2. The molecular formula is C14H24O5. The van der Waals surface area contributed by atoms with Crippen LogP contribution in [-0.2, 0) is 19.1 Å². The van der Waals surface area contributed by atoms with Gasteiger partial charge in [0, 0.05) is 0 Å². The summed E-state index contributed by atoms with van der Waals surface area (Å²) in [5.74, 6) is -1.99. The van der Waals surface area contributed by atoms with Gasteiger partial charge in [0.1, 0.15) is 0 Å². The van der Waals surface area contributed by atoms with E-state index in [1.165, 1.54) is 0 Å². The summed E-state index contributed by atoms with van der Waals surface area (Å²) < 4.78 is 9.72. The molecule has 0 aliphatic rings. The molecule has 0 spiro atoms. The molecular weight excluding hydrogens is 248 g/mol. The first kappa shape index (κ1) is 17.6. The normalized spacial score (nSPS) is 12.7. The number of carbonyl (C=O) groups excluding carboxylic acids is 2. The molecule has 19 heavy (non-hydrogen) atoms. The first-order valence-corrected chi connectivity index (χ1v) is 6.74. The van der Waals surface area contributed by atoms with Crippen LogP contribution in [0.3, 0.4) is 0 Å². The van der Waals surface area contributed by atoms with Gasteiger partial charge >= 0.3 is 11.9 Å². The van der Waals surface area contributed by atoms with Crippen LogP contribution in [0.15, 0.2) is 12.2 Å². The number of aliphatic hydroxyl groups is 1. The Bertz CT molecular complexity index is 280. The van der Waals surface area contributed by atoms with E-state index in [9.17, 15) is 14.7 Å². The molecule has 1 N–H and O–H groups in total. The van der Waals surface area contributed by atoms with E-state index in [1.807, 2.05) is 6.92 Å². The van der Waals surface area contributed by atoms with Crippen LogP contribution in [0.25, 0.3) is 0 Å². The van der Waals surface area contributed by atoms with Gasteiger partial charge in [-0.15, -0.1) is 0 Å². The second-order valence-electron chi connectivity index (χ2n) is 4.04. The highest BCUT2D eigenvalue weighted by Crippen LogP contribution is 2.12. The third-order valence-corrected chi connectivity index (χ3v) is 2.54. The van der Waals surface area contributed by atoms with Gasteiger partial charge in [0.05, 0.1) is 19.3 Å². The number of hydrogen-bond donors (Lipinski definition) is 1. The van der Waals surface area contributed by atoms with E-state index >= 15 is 0 Å². The van der Waals surface area contributed by atoms with Crippen molar-refractivity contribution in [3.05, 3.63) is 12.2 Å². The molecule has 5 heteroatoms. The molecule has 1 unspecified atom stereocenters. The summed E-state index contributed by atoms with van der Waals surface area (Å²) in [6, 6.07) is 0. The number of rotatable bonds is 9. The van der Waals surface area contributed by atoms with Crippen LogP contribution in [0.4, 0.5) is 0 Å². The van der Waals surface area contributed by atoms with Gasteiger partial charge in [-0.1, -0.05) is 19.1 Å². The maximum absolute atomic E-state index is 11.6. The van der Waals surface area contributed by atoms with Gasteiger partial charge < -0.3 is 14.6 Å². The zero-order valence-corrected chi connectivity index (χ0v) is 11.9. The van der Waals surface area contributed by atoms with Crippen molar-refractivity contribution in [1.29, 1.82) is 0 Å². The highest BCUT2D eigenvalue weighted by Gasteiger charge is 2.28. The standard InChI is InChI=1S/C14H24O5/c1-4-11(15)9-7-8-10-12(13(16)18-5-2)14(17)19-6-3/h7,9,11-12,15H,4-6,8,10H2,1-3H3/b9-7+. The minimum atomic E-state index is -0.886. The van der Waals surface area contributed by atoms with E-state index in [-0.39, 0.29) is 13.2 Å². The third kappa shape index (κ3) is 7.62. The quantitative estimate of drug-likeness (QED) is 0.394. The Balaban J connectivity index is 4.38. The fourth-order valence-electron chi connectivity index (χ4n) is 1.47. The zero-order valence-electron chi connectivity index (χ0n) is 11.9. The van der Waals surface area contributed by atoms with Gasteiger partial charge in [-0.05, 0) is 33.1 Å². The summed E-state index contributed by atoms with van der Waals surface area (Å²) in [6.45, 7) is 5.72. The number of aliphatic hydroxyl groups excluding tert-OH is 1. The maximum Gasteiger partial charge on any atom is 0.320 e. The van der Waals surface area contributed by atoms with Crippen LogP contribution >= 0.6 is 0 Å². The van der Waals surface area contributed by atoms with Crippen LogP contribution in [0.1, 0.15) is 40.0 Å². The van der Waals surface area contributed by atoms with Crippen molar-refractivity contribution in [2.24, 2.45) is 5.92 Å². The van der Waals surface area contributed by atoms with Crippen LogP contribution < -0.4 is 0 Å². The van der Waals surface area contributed by atoms with Gasteiger partial charge in [0.2, 0.25) is 0 Å². The molecule has 0 fully saturated rings. The van der Waals surface area contributed by atoms with Crippen molar-refractivity contribution in [3.63, 3.8) is 0 Å². The predicted molar refractivity (Wildman–Crippen MR) is 71.4 cm³/mol. The lowest BCUT2D eigenvalue weighted by atomic mass is 10.0.